The van der Waals surface area contributed by atoms with Crippen molar-refractivity contribution in [3.8, 4) is 0 Å². The molecule has 206 valence electrons. The maximum atomic E-state index is 15.1. The zero-order valence-corrected chi connectivity index (χ0v) is 22.5. The molecule has 0 saturated carbocycles. The Hall–Kier alpha value is -1.98. The van der Waals surface area contributed by atoms with E-state index in [2.05, 4.69) is 19.9 Å². The third-order valence-corrected chi connectivity index (χ3v) is 8.78. The number of nitrogens with zero attached hydrogens (tertiary/aromatic N) is 5. The topological polar surface area (TPSA) is 44.6 Å². The van der Waals surface area contributed by atoms with Crippen molar-refractivity contribution in [3.63, 3.8) is 0 Å². The number of aryl methyl sites for hydroxylation is 2. The number of anilines is 1. The second kappa shape index (κ2) is 11.6. The van der Waals surface area contributed by atoms with Crippen LogP contribution in [0.2, 0.25) is 5.02 Å². The van der Waals surface area contributed by atoms with Crippen LogP contribution in [0.4, 0.5) is 27.3 Å². The van der Waals surface area contributed by atoms with E-state index in [1.165, 1.54) is 17.7 Å². The molecule has 4 aliphatic heterocycles. The fraction of sp³-hybridized carbons (Fsp3) is 0.577. The molecule has 2 fully saturated rings. The van der Waals surface area contributed by atoms with Gasteiger partial charge in [-0.25, -0.2) is 27.5 Å². The summed E-state index contributed by atoms with van der Waals surface area (Å²) in [6.45, 7) is 3.07. The maximum absolute atomic E-state index is 15.1. The van der Waals surface area contributed by atoms with E-state index in [0.29, 0.717) is 49.7 Å². The fourth-order valence-electron chi connectivity index (χ4n) is 5.99. The van der Waals surface area contributed by atoms with Gasteiger partial charge >= 0.3 is 0 Å². The molecule has 1 aromatic heterocycles. The van der Waals surface area contributed by atoms with Crippen molar-refractivity contribution in [2.75, 3.05) is 24.5 Å². The number of hydrogen-bond donors (Lipinski definition) is 0. The van der Waals surface area contributed by atoms with Crippen molar-refractivity contribution in [1.29, 1.82) is 0 Å². The smallest absolute Gasteiger partial charge is 0.255 e. The predicted molar refractivity (Wildman–Crippen MR) is 142 cm³/mol. The van der Waals surface area contributed by atoms with E-state index in [4.69, 9.17) is 11.6 Å². The first-order chi connectivity index (χ1) is 18.3. The summed E-state index contributed by atoms with van der Waals surface area (Å²) in [4.78, 5) is 16.3. The summed E-state index contributed by atoms with van der Waals surface area (Å²) < 4.78 is 68.2. The van der Waals surface area contributed by atoms with Gasteiger partial charge in [-0.05, 0) is 49.8 Å². The largest absolute Gasteiger partial charge is 0.343 e. The average Bonchev–Trinajstić information content (AvgIpc) is 3.62. The lowest BCUT2D eigenvalue weighted by Gasteiger charge is -2.32. The van der Waals surface area contributed by atoms with Gasteiger partial charge in [-0.15, -0.1) is 0 Å². The molecule has 5 nitrogen and oxygen atoms in total. The van der Waals surface area contributed by atoms with Crippen LogP contribution in [0.3, 0.4) is 0 Å². The molecule has 1 aromatic carbocycles. The van der Waals surface area contributed by atoms with Gasteiger partial charge in [0.15, 0.2) is 5.82 Å². The van der Waals surface area contributed by atoms with Gasteiger partial charge < -0.3 is 4.90 Å². The van der Waals surface area contributed by atoms with Gasteiger partial charge in [-0.2, -0.15) is 3.89 Å². The summed E-state index contributed by atoms with van der Waals surface area (Å²) in [7, 11) is 0. The van der Waals surface area contributed by atoms with E-state index in [0.717, 1.165) is 18.5 Å². The Kier molecular flexibility index (Phi) is 8.45. The molecule has 4 aliphatic rings. The Bertz CT molecular complexity index is 1250. The van der Waals surface area contributed by atoms with Crippen LogP contribution in [-0.2, 0) is 12.8 Å². The van der Waals surface area contributed by atoms with Crippen molar-refractivity contribution < 1.29 is 21.4 Å². The van der Waals surface area contributed by atoms with Crippen LogP contribution in [-0.4, -0.2) is 65.4 Å². The second-order valence-electron chi connectivity index (χ2n) is 10.0. The van der Waals surface area contributed by atoms with Crippen LogP contribution in [0.25, 0.3) is 10.9 Å². The molecule has 0 bridgehead atoms. The van der Waals surface area contributed by atoms with Crippen LogP contribution in [0.5, 0.6) is 0 Å². The van der Waals surface area contributed by atoms with Crippen molar-refractivity contribution >= 4 is 46.7 Å². The summed E-state index contributed by atoms with van der Waals surface area (Å²) in [6, 6.07) is 0.210. The Morgan fingerprint density at radius 3 is 2.71 bits per heavy atom. The molecule has 0 radical (unpaired) electrons. The van der Waals surface area contributed by atoms with E-state index in [1.807, 2.05) is 0 Å². The molecular formula is C26H29ClF5N5S. The van der Waals surface area contributed by atoms with Gasteiger partial charge in [0.1, 0.15) is 23.3 Å². The molecule has 3 atom stereocenters. The SMILES string of the molecule is CCc1nc2c3c(c(Cl)c(SF)c(F)c3n1)CCC(C1=CN=CC1)N2CC(F)F.FC1CC2CCCN2C1. The third kappa shape index (κ3) is 5.25. The van der Waals surface area contributed by atoms with E-state index in [-0.39, 0.29) is 38.8 Å². The van der Waals surface area contributed by atoms with Gasteiger partial charge in [-0.1, -0.05) is 18.5 Å². The molecule has 2 saturated heterocycles. The Morgan fingerprint density at radius 2 is 2.05 bits per heavy atom. The van der Waals surface area contributed by atoms with Crippen molar-refractivity contribution in [2.24, 2.45) is 4.99 Å². The highest BCUT2D eigenvalue weighted by Gasteiger charge is 2.36. The van der Waals surface area contributed by atoms with Gasteiger partial charge in [0.2, 0.25) is 0 Å². The van der Waals surface area contributed by atoms with E-state index >= 15 is 4.39 Å². The molecule has 5 heterocycles. The summed E-state index contributed by atoms with van der Waals surface area (Å²) >= 11 is 6.07. The molecule has 0 spiro atoms. The zero-order chi connectivity index (χ0) is 27.0. The number of halogens is 6. The normalized spacial score (nSPS) is 24.6. The maximum Gasteiger partial charge on any atom is 0.255 e. The molecule has 0 amide bonds. The number of alkyl halides is 3. The fourth-order valence-corrected chi connectivity index (χ4v) is 6.71. The first-order valence-electron chi connectivity index (χ1n) is 12.9. The zero-order valence-electron chi connectivity index (χ0n) is 20.9. The first kappa shape index (κ1) is 27.6. The van der Waals surface area contributed by atoms with E-state index < -0.39 is 31.0 Å². The molecule has 12 heteroatoms. The molecule has 0 aliphatic carbocycles. The minimum Gasteiger partial charge on any atom is -0.343 e. The number of rotatable bonds is 5. The minimum atomic E-state index is -2.63. The summed E-state index contributed by atoms with van der Waals surface area (Å²) in [5.41, 5.74) is 1.28. The highest BCUT2D eigenvalue weighted by atomic mass is 35.5. The first-order valence-corrected chi connectivity index (χ1v) is 14.0. The average molecular weight is 574 g/mol. The number of fused-ring (bicyclic) bond motifs is 1. The number of aliphatic imine (C=N–C) groups is 1. The predicted octanol–water partition coefficient (Wildman–Crippen LogP) is 6.90. The minimum absolute atomic E-state index is 0.0501. The third-order valence-electron chi connectivity index (χ3n) is 7.71. The lowest BCUT2D eigenvalue weighted by Crippen LogP contribution is -2.40. The summed E-state index contributed by atoms with van der Waals surface area (Å²) in [6.07, 6.45) is 5.28. The second-order valence-corrected chi connectivity index (χ2v) is 11.0. The lowest BCUT2D eigenvalue weighted by molar-refractivity contribution is 0.152. The van der Waals surface area contributed by atoms with Crippen molar-refractivity contribution in [3.05, 3.63) is 34.0 Å². The van der Waals surface area contributed by atoms with Crippen molar-refractivity contribution in [1.82, 2.24) is 14.9 Å². The number of benzene rings is 1. The quantitative estimate of drug-likeness (QED) is 0.364. The highest BCUT2D eigenvalue weighted by molar-refractivity contribution is 7.94. The summed E-state index contributed by atoms with van der Waals surface area (Å²) in [5.74, 6) is -0.377. The molecule has 2 aromatic rings. The molecule has 6 rings (SSSR count). The number of hydrogen-bond acceptors (Lipinski definition) is 6. The molecule has 38 heavy (non-hydrogen) atoms. The molecule has 0 N–H and O–H groups in total. The van der Waals surface area contributed by atoms with Crippen LogP contribution in [0, 0.1) is 5.82 Å². The summed E-state index contributed by atoms with van der Waals surface area (Å²) in [5, 5.41) is 0.232. The Morgan fingerprint density at radius 1 is 1.24 bits per heavy atom. The van der Waals surface area contributed by atoms with Crippen LogP contribution in [0.1, 0.15) is 50.4 Å². The standard InChI is InChI=1S/C19H17ClF4N4S.C7H12FN/c1-2-13-26-17-14-10(15(20)18(29-24)16(17)23)3-4-11(9-5-6-25-7-9)28(8-12(21)22)19(14)27-13;8-6-4-7-2-1-3-9(7)5-6/h6-7,11-12H,2-5,8H2,1H3;6-7H,1-5H2. The van der Waals surface area contributed by atoms with Crippen LogP contribution < -0.4 is 4.90 Å². The van der Waals surface area contributed by atoms with Crippen LogP contribution in [0.15, 0.2) is 21.7 Å². The molecular weight excluding hydrogens is 545 g/mol. The Balaban J connectivity index is 0.000000273. The van der Waals surface area contributed by atoms with Crippen LogP contribution >= 0.6 is 23.7 Å². The highest BCUT2D eigenvalue weighted by Crippen LogP contribution is 2.45. The Labute approximate surface area is 227 Å². The van der Waals surface area contributed by atoms with E-state index in [9.17, 15) is 17.1 Å². The number of aromatic nitrogens is 2. The van der Waals surface area contributed by atoms with Gasteiger partial charge in [0.05, 0.1) is 40.0 Å². The molecule has 3 unspecified atom stereocenters. The monoisotopic (exact) mass is 573 g/mol. The van der Waals surface area contributed by atoms with Gasteiger partial charge in [-0.3, -0.25) is 9.89 Å². The van der Waals surface area contributed by atoms with E-state index in [1.54, 1.807) is 19.3 Å². The van der Waals surface area contributed by atoms with Gasteiger partial charge in [0, 0.05) is 37.8 Å². The van der Waals surface area contributed by atoms with Crippen molar-refractivity contribution in [2.45, 2.75) is 81.4 Å². The van der Waals surface area contributed by atoms with Gasteiger partial charge in [0.25, 0.3) is 6.43 Å². The lowest BCUT2D eigenvalue weighted by atomic mass is 9.98.